The number of hydrogen-bond acceptors (Lipinski definition) is 1. The summed E-state index contributed by atoms with van der Waals surface area (Å²) in [6.45, 7) is 14.3. The Kier molecular flexibility index (Phi) is 8.24. The number of hydrogen-bond donors (Lipinski definition) is 0. The predicted molar refractivity (Wildman–Crippen MR) is 184 cm³/mol. The molecule has 3 aromatic carbocycles. The molecule has 196 valence electrons. The summed E-state index contributed by atoms with van der Waals surface area (Å²) in [6.07, 6.45) is 29.9. The minimum atomic E-state index is 1.15. The predicted octanol–water partition coefficient (Wildman–Crippen LogP) is 12.0. The van der Waals surface area contributed by atoms with Gasteiger partial charge in [-0.15, -0.1) is 11.3 Å². The highest BCUT2D eigenvalue weighted by molar-refractivity contribution is 7.14. The fourth-order valence-corrected chi connectivity index (χ4v) is 6.30. The second-order valence-electron chi connectivity index (χ2n) is 9.90. The average Bonchev–Trinajstić information content (AvgIpc) is 3.31. The SMILES string of the molecule is C=C/C(C)=C\C=C(/C)c1ccc2c3c(c4ccccc4c2c1)C=CC=CC=Cc1c(sc(/C=C\C)c1C=C)C=C3. The monoisotopic (exact) mass is 534 g/mol. The van der Waals surface area contributed by atoms with Gasteiger partial charge in [-0.25, -0.2) is 0 Å². The molecule has 1 aliphatic carbocycles. The summed E-state index contributed by atoms with van der Waals surface area (Å²) in [6, 6.07) is 15.6. The van der Waals surface area contributed by atoms with E-state index in [0.717, 1.165) is 5.57 Å². The first kappa shape index (κ1) is 27.1. The van der Waals surface area contributed by atoms with Crippen LogP contribution in [0.1, 0.15) is 58.3 Å². The van der Waals surface area contributed by atoms with Gasteiger partial charge in [0.05, 0.1) is 0 Å². The largest absolute Gasteiger partial charge is 0.135 e. The van der Waals surface area contributed by atoms with Crippen molar-refractivity contribution in [2.45, 2.75) is 20.8 Å². The maximum atomic E-state index is 4.12. The molecule has 0 saturated heterocycles. The molecule has 0 spiro atoms. The Morgan fingerprint density at radius 2 is 1.43 bits per heavy atom. The van der Waals surface area contributed by atoms with Gasteiger partial charge in [-0.1, -0.05) is 128 Å². The summed E-state index contributed by atoms with van der Waals surface area (Å²) in [5.74, 6) is 0. The summed E-state index contributed by atoms with van der Waals surface area (Å²) < 4.78 is 0. The molecule has 0 radical (unpaired) electrons. The molecule has 0 nitrogen and oxygen atoms in total. The van der Waals surface area contributed by atoms with Gasteiger partial charge >= 0.3 is 0 Å². The minimum Gasteiger partial charge on any atom is -0.135 e. The van der Waals surface area contributed by atoms with Crippen LogP contribution in [-0.2, 0) is 0 Å². The second-order valence-corrected chi connectivity index (χ2v) is 11.0. The number of benzene rings is 3. The fourth-order valence-electron chi connectivity index (χ4n) is 5.14. The van der Waals surface area contributed by atoms with Crippen molar-refractivity contribution in [1.29, 1.82) is 0 Å². The Morgan fingerprint density at radius 3 is 2.15 bits per heavy atom. The van der Waals surface area contributed by atoms with Crippen LogP contribution in [0.2, 0.25) is 0 Å². The Balaban J connectivity index is 1.80. The van der Waals surface area contributed by atoms with Crippen molar-refractivity contribution in [3.63, 3.8) is 0 Å². The zero-order valence-electron chi connectivity index (χ0n) is 23.4. The summed E-state index contributed by atoms with van der Waals surface area (Å²) in [4.78, 5) is 2.45. The minimum absolute atomic E-state index is 1.15. The van der Waals surface area contributed by atoms with Crippen molar-refractivity contribution >= 4 is 74.9 Å². The summed E-state index contributed by atoms with van der Waals surface area (Å²) in [7, 11) is 0. The number of thiophene rings is 1. The van der Waals surface area contributed by atoms with Crippen LogP contribution in [0.25, 0.3) is 63.6 Å². The third-order valence-corrected chi connectivity index (χ3v) is 8.46. The highest BCUT2D eigenvalue weighted by atomic mass is 32.1. The third-order valence-electron chi connectivity index (χ3n) is 7.30. The molecule has 1 aliphatic rings. The Morgan fingerprint density at radius 1 is 0.725 bits per heavy atom. The van der Waals surface area contributed by atoms with E-state index in [-0.39, 0.29) is 0 Å². The fraction of sp³-hybridized carbons (Fsp3) is 0.0769. The topological polar surface area (TPSA) is 0 Å². The molecule has 1 aromatic heterocycles. The van der Waals surface area contributed by atoms with E-state index in [1.807, 2.05) is 12.2 Å². The standard InChI is InChI=1S/C39H34S/c1-6-15-38-30(8-3)36-19-12-10-9-11-16-32-31-17-13-14-18-33(31)37-26-29(28(5)21-20-27(4)7-2)22-23-35(37)34(32)24-25-39(36)40-38/h6-26H,2-3H2,1,4-5H3/b10-9?,11-9?,12-10?,15-6-,16-11?,19-12?,25-24?,27-20-,28-21+,32-16?,34-24?,36-19?,39-25?. The molecule has 0 amide bonds. The number of allylic oxidation sites excluding steroid dienone is 10. The first-order chi connectivity index (χ1) is 19.5. The average molecular weight is 535 g/mol. The van der Waals surface area contributed by atoms with Crippen LogP contribution in [0.3, 0.4) is 0 Å². The lowest BCUT2D eigenvalue weighted by Gasteiger charge is -2.15. The Bertz CT molecular complexity index is 1840. The van der Waals surface area contributed by atoms with Crippen molar-refractivity contribution in [2.24, 2.45) is 0 Å². The highest BCUT2D eigenvalue weighted by Crippen LogP contribution is 2.38. The maximum Gasteiger partial charge on any atom is 0.0355 e. The van der Waals surface area contributed by atoms with Crippen molar-refractivity contribution in [1.82, 2.24) is 0 Å². The van der Waals surface area contributed by atoms with Gasteiger partial charge in [0, 0.05) is 15.3 Å². The smallest absolute Gasteiger partial charge is 0.0355 e. The van der Waals surface area contributed by atoms with Crippen molar-refractivity contribution in [3.8, 4) is 0 Å². The zero-order valence-corrected chi connectivity index (χ0v) is 24.3. The number of rotatable bonds is 5. The van der Waals surface area contributed by atoms with E-state index in [0.29, 0.717) is 0 Å². The van der Waals surface area contributed by atoms with Crippen LogP contribution >= 0.6 is 11.3 Å². The van der Waals surface area contributed by atoms with Crippen molar-refractivity contribution in [2.75, 3.05) is 0 Å². The molecule has 40 heavy (non-hydrogen) atoms. The van der Waals surface area contributed by atoms with Crippen LogP contribution in [0.4, 0.5) is 0 Å². The van der Waals surface area contributed by atoms with Crippen molar-refractivity contribution in [3.05, 3.63) is 147 Å². The molecule has 5 rings (SSSR count). The van der Waals surface area contributed by atoms with Gasteiger partial charge in [0.15, 0.2) is 0 Å². The van der Waals surface area contributed by atoms with Gasteiger partial charge < -0.3 is 0 Å². The molecule has 0 unspecified atom stereocenters. The Hall–Kier alpha value is -4.46. The zero-order chi connectivity index (χ0) is 28.1. The van der Waals surface area contributed by atoms with Gasteiger partial charge in [0.1, 0.15) is 0 Å². The van der Waals surface area contributed by atoms with Crippen LogP contribution in [-0.4, -0.2) is 0 Å². The summed E-state index contributed by atoms with van der Waals surface area (Å²) in [5.41, 5.74) is 8.44. The van der Waals surface area contributed by atoms with E-state index in [9.17, 15) is 0 Å². The van der Waals surface area contributed by atoms with E-state index < -0.39 is 0 Å². The first-order valence-electron chi connectivity index (χ1n) is 13.6. The van der Waals surface area contributed by atoms with E-state index in [2.05, 4.69) is 149 Å². The molecule has 0 N–H and O–H groups in total. The van der Waals surface area contributed by atoms with E-state index >= 15 is 0 Å². The molecular weight excluding hydrogens is 500 g/mol. The molecule has 1 heterocycles. The normalized spacial score (nSPS) is 13.9. The van der Waals surface area contributed by atoms with Gasteiger partial charge in [0.25, 0.3) is 0 Å². The van der Waals surface area contributed by atoms with E-state index in [1.165, 1.54) is 64.7 Å². The summed E-state index contributed by atoms with van der Waals surface area (Å²) >= 11 is 1.80. The molecule has 0 aliphatic heterocycles. The second kappa shape index (κ2) is 12.2. The van der Waals surface area contributed by atoms with E-state index in [1.54, 1.807) is 11.3 Å². The van der Waals surface area contributed by atoms with Gasteiger partial charge in [0.2, 0.25) is 0 Å². The van der Waals surface area contributed by atoms with E-state index in [4.69, 9.17) is 0 Å². The Labute approximate surface area is 242 Å². The molecule has 4 aromatic rings. The third kappa shape index (κ3) is 5.34. The van der Waals surface area contributed by atoms with Crippen LogP contribution in [0, 0.1) is 0 Å². The lowest BCUT2D eigenvalue weighted by molar-refractivity contribution is 1.52. The van der Waals surface area contributed by atoms with Crippen LogP contribution in [0.5, 0.6) is 0 Å². The summed E-state index contributed by atoms with van der Waals surface area (Å²) in [5, 5.41) is 5.02. The molecule has 0 saturated carbocycles. The molecule has 1 heteroatoms. The van der Waals surface area contributed by atoms with Gasteiger partial charge in [-0.05, 0) is 88.4 Å². The van der Waals surface area contributed by atoms with Crippen LogP contribution < -0.4 is 0 Å². The lowest BCUT2D eigenvalue weighted by Crippen LogP contribution is -1.91. The molecule has 0 bridgehead atoms. The highest BCUT2D eigenvalue weighted by Gasteiger charge is 2.14. The quantitative estimate of drug-likeness (QED) is 0.176. The van der Waals surface area contributed by atoms with Gasteiger partial charge in [-0.2, -0.15) is 0 Å². The van der Waals surface area contributed by atoms with Crippen molar-refractivity contribution < 1.29 is 0 Å². The lowest BCUT2D eigenvalue weighted by atomic mass is 9.89. The first-order valence-corrected chi connectivity index (χ1v) is 14.4. The van der Waals surface area contributed by atoms with Gasteiger partial charge in [-0.3, -0.25) is 0 Å². The molecular formula is C39H34S. The maximum absolute atomic E-state index is 4.12. The molecule has 0 fully saturated rings. The number of fused-ring (bicyclic) bond motifs is 7. The van der Waals surface area contributed by atoms with Crippen LogP contribution in [0.15, 0.2) is 110 Å². The molecule has 0 atom stereocenters.